The number of hydrogen-bond donors (Lipinski definition) is 2. The molecular weight excluding hydrogens is 416 g/mol. The number of aliphatic carboxylic acids is 1. The van der Waals surface area contributed by atoms with Crippen molar-refractivity contribution >= 4 is 33.0 Å². The van der Waals surface area contributed by atoms with E-state index >= 15 is 0 Å². The molecule has 9 heteroatoms. The van der Waals surface area contributed by atoms with Crippen LogP contribution < -0.4 is 5.32 Å². The van der Waals surface area contributed by atoms with Gasteiger partial charge in [0.05, 0.1) is 24.0 Å². The van der Waals surface area contributed by atoms with Crippen LogP contribution >= 0.6 is 0 Å². The molecule has 31 heavy (non-hydrogen) atoms. The zero-order chi connectivity index (χ0) is 22.0. The fourth-order valence-corrected chi connectivity index (χ4v) is 5.37. The van der Waals surface area contributed by atoms with Crippen LogP contribution in [-0.2, 0) is 14.8 Å². The van der Waals surface area contributed by atoms with Gasteiger partial charge >= 0.3 is 5.97 Å². The van der Waals surface area contributed by atoms with Crippen molar-refractivity contribution in [3.8, 4) is 0 Å². The van der Waals surface area contributed by atoms with Crippen molar-refractivity contribution in [1.82, 2.24) is 19.4 Å². The Kier molecular flexibility index (Phi) is 6.45. The maximum atomic E-state index is 12.4. The fraction of sp³-hybridized carbons (Fsp3) is 0.545. The molecule has 0 atom stereocenters. The van der Waals surface area contributed by atoms with E-state index in [2.05, 4.69) is 22.6 Å². The lowest BCUT2D eigenvalue weighted by Crippen LogP contribution is -2.36. The molecule has 0 aliphatic carbocycles. The molecule has 0 saturated carbocycles. The highest BCUT2D eigenvalue weighted by molar-refractivity contribution is 7.89. The van der Waals surface area contributed by atoms with Crippen LogP contribution in [0, 0.1) is 5.92 Å². The monoisotopic (exact) mass is 446 g/mol. The lowest BCUT2D eigenvalue weighted by Gasteiger charge is -2.30. The maximum absolute atomic E-state index is 12.4. The van der Waals surface area contributed by atoms with Crippen molar-refractivity contribution in [2.45, 2.75) is 31.6 Å². The van der Waals surface area contributed by atoms with Crippen LogP contribution in [0.4, 0.5) is 0 Å². The molecule has 0 spiro atoms. The molecule has 8 nitrogen and oxygen atoms in total. The Bertz CT molecular complexity index is 1080. The van der Waals surface area contributed by atoms with Crippen molar-refractivity contribution < 1.29 is 18.3 Å². The third kappa shape index (κ3) is 5.16. The van der Waals surface area contributed by atoms with Gasteiger partial charge in [-0.3, -0.25) is 9.69 Å². The largest absolute Gasteiger partial charge is 0.480 e. The van der Waals surface area contributed by atoms with Crippen molar-refractivity contribution in [2.24, 2.45) is 5.92 Å². The van der Waals surface area contributed by atoms with E-state index in [0.29, 0.717) is 24.5 Å². The van der Waals surface area contributed by atoms with Crippen molar-refractivity contribution in [3.63, 3.8) is 0 Å². The highest BCUT2D eigenvalue weighted by Gasteiger charge is 2.27. The standard InChI is InChI=1S/C22H30N4O4S/c1-31(29,30)26-20-14-17(3-2-16-6-10-23-11-7-16)4-5-19(20)22(24-26)18-8-12-25(13-9-18)15-21(27)28/h2-5,14,16,18,23H,6-13,15H2,1H3,(H,27,28)/b3-2+. The number of likely N-dealkylation sites (tertiary alicyclic amines) is 1. The van der Waals surface area contributed by atoms with Gasteiger partial charge in [0.15, 0.2) is 0 Å². The summed E-state index contributed by atoms with van der Waals surface area (Å²) in [5.74, 6) is -0.162. The number of carboxylic acids is 1. The number of piperidine rings is 2. The molecule has 2 N–H and O–H groups in total. The molecule has 3 heterocycles. The first-order chi connectivity index (χ1) is 14.8. The molecule has 0 amide bonds. The van der Waals surface area contributed by atoms with E-state index in [4.69, 9.17) is 5.11 Å². The quantitative estimate of drug-likeness (QED) is 0.700. The number of hydrogen-bond acceptors (Lipinski definition) is 6. The number of allylic oxidation sites excluding steroid dienone is 1. The first-order valence-corrected chi connectivity index (χ1v) is 12.7. The number of aromatic nitrogens is 2. The molecule has 1 aromatic heterocycles. The average molecular weight is 447 g/mol. The van der Waals surface area contributed by atoms with Crippen LogP contribution in [0.1, 0.15) is 42.9 Å². The summed E-state index contributed by atoms with van der Waals surface area (Å²) in [7, 11) is -3.54. The minimum atomic E-state index is -3.54. The number of nitrogens with one attached hydrogen (secondary N) is 1. The van der Waals surface area contributed by atoms with Gasteiger partial charge in [0, 0.05) is 11.3 Å². The summed E-state index contributed by atoms with van der Waals surface area (Å²) in [4.78, 5) is 12.9. The summed E-state index contributed by atoms with van der Waals surface area (Å²) in [5.41, 5.74) is 2.38. The van der Waals surface area contributed by atoms with E-state index in [-0.39, 0.29) is 12.5 Å². The van der Waals surface area contributed by atoms with Crippen molar-refractivity contribution in [1.29, 1.82) is 0 Å². The van der Waals surface area contributed by atoms with Crippen LogP contribution in [-0.4, -0.2) is 72.6 Å². The molecular formula is C22H30N4O4S. The Labute approximate surface area is 183 Å². The van der Waals surface area contributed by atoms with Crippen molar-refractivity contribution in [2.75, 3.05) is 39.0 Å². The lowest BCUT2D eigenvalue weighted by molar-refractivity contribution is -0.138. The second-order valence-electron chi connectivity index (χ2n) is 8.66. The molecule has 4 rings (SSSR count). The second-order valence-corrected chi connectivity index (χ2v) is 10.5. The average Bonchev–Trinajstić information content (AvgIpc) is 3.12. The number of fused-ring (bicyclic) bond motifs is 1. The molecule has 0 bridgehead atoms. The first-order valence-electron chi connectivity index (χ1n) is 10.9. The van der Waals surface area contributed by atoms with Gasteiger partial charge in [0.2, 0.25) is 0 Å². The van der Waals surface area contributed by atoms with Gasteiger partial charge in [-0.05, 0) is 69.4 Å². The van der Waals surface area contributed by atoms with Gasteiger partial charge in [-0.1, -0.05) is 24.3 Å². The fourth-order valence-electron chi connectivity index (χ4n) is 4.63. The van der Waals surface area contributed by atoms with Gasteiger partial charge in [-0.25, -0.2) is 8.42 Å². The van der Waals surface area contributed by atoms with E-state index in [1.807, 2.05) is 23.1 Å². The second kappa shape index (κ2) is 9.10. The molecule has 1 aromatic carbocycles. The predicted octanol–water partition coefficient (Wildman–Crippen LogP) is 2.12. The van der Waals surface area contributed by atoms with Crippen molar-refractivity contribution in [3.05, 3.63) is 35.5 Å². The first kappa shape index (κ1) is 22.0. The zero-order valence-corrected chi connectivity index (χ0v) is 18.6. The zero-order valence-electron chi connectivity index (χ0n) is 17.8. The molecule has 2 aromatic rings. The topological polar surface area (TPSA) is 105 Å². The van der Waals surface area contributed by atoms with Crippen LogP contribution in [0.15, 0.2) is 24.3 Å². The Morgan fingerprint density at radius 1 is 1.23 bits per heavy atom. The Hall–Kier alpha value is -2.23. The number of benzene rings is 1. The van der Waals surface area contributed by atoms with Crippen LogP contribution in [0.2, 0.25) is 0 Å². The third-order valence-corrected chi connectivity index (χ3v) is 7.20. The molecule has 2 aliphatic rings. The van der Waals surface area contributed by atoms with Crippen LogP contribution in [0.25, 0.3) is 17.0 Å². The van der Waals surface area contributed by atoms with Gasteiger partial charge in [0.25, 0.3) is 10.0 Å². The van der Waals surface area contributed by atoms with E-state index in [0.717, 1.165) is 59.5 Å². The number of carboxylic acid groups (broad SMARTS) is 1. The Balaban J connectivity index is 1.61. The van der Waals surface area contributed by atoms with E-state index in [9.17, 15) is 13.2 Å². The lowest BCUT2D eigenvalue weighted by atomic mass is 9.91. The molecule has 2 fully saturated rings. The van der Waals surface area contributed by atoms with E-state index in [1.165, 1.54) is 6.26 Å². The molecule has 168 valence electrons. The minimum Gasteiger partial charge on any atom is -0.480 e. The SMILES string of the molecule is CS(=O)(=O)n1nc(C2CCN(CC(=O)O)CC2)c2ccc(/C=C/C3CCNCC3)cc21. The van der Waals surface area contributed by atoms with Gasteiger partial charge < -0.3 is 10.4 Å². The molecule has 0 unspecified atom stereocenters. The number of carbonyl (C=O) groups is 1. The summed E-state index contributed by atoms with van der Waals surface area (Å²) in [6.07, 6.45) is 9.24. The highest BCUT2D eigenvalue weighted by Crippen LogP contribution is 2.33. The molecule has 0 radical (unpaired) electrons. The van der Waals surface area contributed by atoms with Gasteiger partial charge in [-0.15, -0.1) is 0 Å². The Morgan fingerprint density at radius 3 is 2.58 bits per heavy atom. The third-order valence-electron chi connectivity index (χ3n) is 6.29. The van der Waals surface area contributed by atoms with Gasteiger partial charge in [-0.2, -0.15) is 9.19 Å². The summed E-state index contributed by atoms with van der Waals surface area (Å²) in [5, 5.41) is 17.8. The summed E-state index contributed by atoms with van der Waals surface area (Å²) >= 11 is 0. The Morgan fingerprint density at radius 2 is 1.94 bits per heavy atom. The summed E-state index contributed by atoms with van der Waals surface area (Å²) in [6, 6.07) is 5.91. The summed E-state index contributed by atoms with van der Waals surface area (Å²) < 4.78 is 26.0. The van der Waals surface area contributed by atoms with E-state index in [1.54, 1.807) is 0 Å². The number of rotatable bonds is 6. The molecule has 2 saturated heterocycles. The normalized spacial score (nSPS) is 20.0. The number of nitrogens with zero attached hydrogens (tertiary/aromatic N) is 3. The van der Waals surface area contributed by atoms with E-state index < -0.39 is 16.0 Å². The minimum absolute atomic E-state index is 0.0397. The predicted molar refractivity (Wildman–Crippen MR) is 121 cm³/mol. The highest BCUT2D eigenvalue weighted by atomic mass is 32.2. The van der Waals surface area contributed by atoms with Crippen LogP contribution in [0.5, 0.6) is 0 Å². The van der Waals surface area contributed by atoms with Crippen LogP contribution in [0.3, 0.4) is 0 Å². The summed E-state index contributed by atoms with van der Waals surface area (Å²) in [6.45, 7) is 3.44. The van der Waals surface area contributed by atoms with Gasteiger partial charge in [0.1, 0.15) is 0 Å². The maximum Gasteiger partial charge on any atom is 0.317 e. The molecule has 2 aliphatic heterocycles. The smallest absolute Gasteiger partial charge is 0.317 e.